The molecule has 2 atom stereocenters. The Bertz CT molecular complexity index is 707. The van der Waals surface area contributed by atoms with E-state index in [4.69, 9.17) is 0 Å². The summed E-state index contributed by atoms with van der Waals surface area (Å²) < 4.78 is 0. The smallest absolute Gasteiger partial charge is 0.227 e. The van der Waals surface area contributed by atoms with E-state index in [1.165, 1.54) is 12.8 Å². The first-order chi connectivity index (χ1) is 11.5. The summed E-state index contributed by atoms with van der Waals surface area (Å²) in [6.45, 7) is 7.21. The molecule has 3 aliphatic heterocycles. The molecular formula is C19H27N3O2. The van der Waals surface area contributed by atoms with E-state index in [1.54, 1.807) is 0 Å². The summed E-state index contributed by atoms with van der Waals surface area (Å²) in [4.78, 5) is 32.8. The second-order valence-electron chi connectivity index (χ2n) is 7.96. The minimum Gasteiger partial charge on any atom is -0.363 e. The molecule has 5 rings (SSSR count). The lowest BCUT2D eigenvalue weighted by molar-refractivity contribution is -0.140. The van der Waals surface area contributed by atoms with Crippen LogP contribution in [-0.2, 0) is 11.3 Å². The number of pyridine rings is 1. The highest BCUT2D eigenvalue weighted by molar-refractivity contribution is 5.80. The lowest BCUT2D eigenvalue weighted by Crippen LogP contribution is -2.48. The van der Waals surface area contributed by atoms with Crippen molar-refractivity contribution in [2.45, 2.75) is 52.1 Å². The van der Waals surface area contributed by atoms with Crippen LogP contribution in [0.4, 0.5) is 0 Å². The average Bonchev–Trinajstić information content (AvgIpc) is 3.39. The Morgan fingerprint density at radius 1 is 1.12 bits per heavy atom. The number of carbonyl (C=O) groups excluding carboxylic acids is 1. The van der Waals surface area contributed by atoms with Gasteiger partial charge in [-0.2, -0.15) is 0 Å². The quantitative estimate of drug-likeness (QED) is 0.917. The Morgan fingerprint density at radius 2 is 1.92 bits per heavy atom. The van der Waals surface area contributed by atoms with E-state index in [0.717, 1.165) is 61.8 Å². The third kappa shape index (κ3) is 2.90. The summed E-state index contributed by atoms with van der Waals surface area (Å²) in [6, 6.07) is 0.356. The maximum Gasteiger partial charge on any atom is 0.227 e. The number of hydrogen-bond acceptors (Lipinski definition) is 3. The van der Waals surface area contributed by atoms with Gasteiger partial charge in [-0.3, -0.25) is 14.5 Å². The number of piperidine rings is 1. The van der Waals surface area contributed by atoms with E-state index in [-0.39, 0.29) is 11.3 Å². The van der Waals surface area contributed by atoms with E-state index < -0.39 is 0 Å². The Balaban J connectivity index is 1.52. The van der Waals surface area contributed by atoms with Gasteiger partial charge in [0.1, 0.15) is 0 Å². The highest BCUT2D eigenvalue weighted by atomic mass is 16.2. The van der Waals surface area contributed by atoms with Gasteiger partial charge in [-0.15, -0.1) is 0 Å². The summed E-state index contributed by atoms with van der Waals surface area (Å²) >= 11 is 0. The van der Waals surface area contributed by atoms with E-state index in [1.807, 2.05) is 20.0 Å². The Labute approximate surface area is 143 Å². The van der Waals surface area contributed by atoms with Crippen molar-refractivity contribution >= 4 is 5.91 Å². The fraction of sp³-hybridized carbons (Fsp3) is 0.684. The molecule has 4 heterocycles. The lowest BCUT2D eigenvalue weighted by atomic mass is 9.94. The zero-order chi connectivity index (χ0) is 16.8. The lowest BCUT2D eigenvalue weighted by Gasteiger charge is -2.36. The summed E-state index contributed by atoms with van der Waals surface area (Å²) in [6.07, 6.45) is 6.53. The number of carbonyl (C=O) groups is 1. The number of aryl methyl sites for hydroxylation is 1. The summed E-state index contributed by atoms with van der Waals surface area (Å²) in [7, 11) is 0. The molecule has 0 aromatic carbocycles. The monoisotopic (exact) mass is 329 g/mol. The Kier molecular flexibility index (Phi) is 3.99. The molecule has 0 unspecified atom stereocenters. The molecule has 5 heteroatoms. The van der Waals surface area contributed by atoms with Crippen molar-refractivity contribution in [3.8, 4) is 0 Å². The minimum absolute atomic E-state index is 0.132. The van der Waals surface area contributed by atoms with Crippen molar-refractivity contribution < 1.29 is 4.79 Å². The van der Waals surface area contributed by atoms with Gasteiger partial charge in [0.15, 0.2) is 5.43 Å². The highest BCUT2D eigenvalue weighted by Crippen LogP contribution is 2.35. The van der Waals surface area contributed by atoms with Crippen LogP contribution in [-0.4, -0.2) is 46.4 Å². The number of fused-ring (bicyclic) bond motifs is 4. The molecule has 5 nitrogen and oxygen atoms in total. The van der Waals surface area contributed by atoms with E-state index in [0.29, 0.717) is 11.9 Å². The molecule has 1 amide bonds. The number of aromatic nitrogens is 1. The molecule has 4 aliphatic rings. The molecule has 24 heavy (non-hydrogen) atoms. The van der Waals surface area contributed by atoms with Gasteiger partial charge in [-0.25, -0.2) is 0 Å². The SMILES string of the molecule is Cc1c[nH]c(CN2C[C@H]3CC[C@@H](C2)N(CC2CC2)C3=O)c(C)c1=O. The molecule has 1 saturated carbocycles. The average molecular weight is 329 g/mol. The number of hydrogen-bond donors (Lipinski definition) is 1. The summed E-state index contributed by atoms with van der Waals surface area (Å²) in [5.41, 5.74) is 2.70. The first kappa shape index (κ1) is 15.9. The summed E-state index contributed by atoms with van der Waals surface area (Å²) in [5, 5.41) is 0. The largest absolute Gasteiger partial charge is 0.363 e. The third-order valence-corrected chi connectivity index (χ3v) is 6.02. The van der Waals surface area contributed by atoms with Crippen LogP contribution in [0.1, 0.15) is 42.5 Å². The second-order valence-corrected chi connectivity index (χ2v) is 7.96. The van der Waals surface area contributed by atoms with E-state index in [2.05, 4.69) is 14.8 Å². The van der Waals surface area contributed by atoms with Crippen LogP contribution in [0.2, 0.25) is 0 Å². The molecule has 1 N–H and O–H groups in total. The predicted octanol–water partition coefficient (Wildman–Crippen LogP) is 1.82. The number of nitrogens with one attached hydrogen (secondary N) is 1. The van der Waals surface area contributed by atoms with Crippen molar-refractivity contribution in [3.63, 3.8) is 0 Å². The van der Waals surface area contributed by atoms with Crippen molar-refractivity contribution in [1.29, 1.82) is 0 Å². The fourth-order valence-corrected chi connectivity index (χ4v) is 4.27. The zero-order valence-electron chi connectivity index (χ0n) is 14.7. The third-order valence-electron chi connectivity index (χ3n) is 6.02. The van der Waals surface area contributed by atoms with E-state index in [9.17, 15) is 9.59 Å². The van der Waals surface area contributed by atoms with E-state index >= 15 is 0 Å². The van der Waals surface area contributed by atoms with Crippen LogP contribution >= 0.6 is 0 Å². The first-order valence-corrected chi connectivity index (χ1v) is 9.23. The number of H-pyrrole nitrogens is 1. The molecule has 3 saturated heterocycles. The number of amides is 1. The second kappa shape index (κ2) is 6.03. The van der Waals surface area contributed by atoms with Crippen LogP contribution in [0.3, 0.4) is 0 Å². The van der Waals surface area contributed by atoms with Gasteiger partial charge in [0.2, 0.25) is 5.91 Å². The van der Waals surface area contributed by atoms with Crippen molar-refractivity contribution in [1.82, 2.24) is 14.8 Å². The molecule has 2 bridgehead atoms. The fourth-order valence-electron chi connectivity index (χ4n) is 4.27. The standard InChI is InChI=1S/C19H27N3O2/c1-12-7-20-17(13(2)18(12)23)11-21-9-15-5-6-16(10-21)22(19(15)24)8-14-3-4-14/h7,14-16H,3-6,8-11H2,1-2H3,(H,20,23)/t15-,16+/m1/s1. The molecule has 1 aliphatic carbocycles. The van der Waals surface area contributed by atoms with Crippen LogP contribution in [0.5, 0.6) is 0 Å². The van der Waals surface area contributed by atoms with Gasteiger partial charge in [-0.05, 0) is 45.4 Å². The molecular weight excluding hydrogens is 302 g/mol. The summed E-state index contributed by atoms with van der Waals surface area (Å²) in [5.74, 6) is 1.26. The number of rotatable bonds is 4. The van der Waals surface area contributed by atoms with Gasteiger partial charge >= 0.3 is 0 Å². The number of nitrogens with zero attached hydrogens (tertiary/aromatic N) is 2. The highest BCUT2D eigenvalue weighted by Gasteiger charge is 2.42. The van der Waals surface area contributed by atoms with Gasteiger partial charge < -0.3 is 9.88 Å². The Hall–Kier alpha value is -1.62. The molecule has 0 radical (unpaired) electrons. The molecule has 130 valence electrons. The maximum absolute atomic E-state index is 12.8. The normalized spacial score (nSPS) is 27.6. The van der Waals surface area contributed by atoms with Crippen LogP contribution in [0, 0.1) is 25.7 Å². The van der Waals surface area contributed by atoms with Crippen LogP contribution in [0.25, 0.3) is 0 Å². The Morgan fingerprint density at radius 3 is 2.67 bits per heavy atom. The molecule has 1 aromatic rings. The number of aromatic amines is 1. The minimum atomic E-state index is 0.132. The van der Waals surface area contributed by atoms with Crippen molar-refractivity contribution in [2.24, 2.45) is 11.8 Å². The van der Waals surface area contributed by atoms with Crippen molar-refractivity contribution in [2.75, 3.05) is 19.6 Å². The molecule has 4 fully saturated rings. The van der Waals surface area contributed by atoms with Gasteiger partial charge in [-0.1, -0.05) is 0 Å². The predicted molar refractivity (Wildman–Crippen MR) is 92.8 cm³/mol. The maximum atomic E-state index is 12.8. The van der Waals surface area contributed by atoms with Gasteiger partial charge in [0, 0.05) is 55.2 Å². The van der Waals surface area contributed by atoms with Crippen molar-refractivity contribution in [3.05, 3.63) is 33.2 Å². The topological polar surface area (TPSA) is 56.4 Å². The first-order valence-electron chi connectivity index (χ1n) is 9.23. The van der Waals surface area contributed by atoms with Crippen LogP contribution < -0.4 is 5.43 Å². The van der Waals surface area contributed by atoms with Crippen LogP contribution in [0.15, 0.2) is 11.0 Å². The zero-order valence-corrected chi connectivity index (χ0v) is 14.7. The van der Waals surface area contributed by atoms with Gasteiger partial charge in [0.25, 0.3) is 0 Å². The molecule has 0 spiro atoms. The molecule has 1 aromatic heterocycles. The van der Waals surface area contributed by atoms with Gasteiger partial charge in [0.05, 0.1) is 5.92 Å².